The Labute approximate surface area is 173 Å². The van der Waals surface area contributed by atoms with Gasteiger partial charge in [0.25, 0.3) is 0 Å². The van der Waals surface area contributed by atoms with Gasteiger partial charge in [0.15, 0.2) is 0 Å². The Balaban J connectivity index is 2.48. The highest BCUT2D eigenvalue weighted by Crippen LogP contribution is 2.42. The minimum absolute atomic E-state index is 0.0198. The second-order valence-electron chi connectivity index (χ2n) is 8.94. The van der Waals surface area contributed by atoms with Gasteiger partial charge in [0, 0.05) is 22.3 Å². The monoisotopic (exact) mass is 416 g/mol. The Morgan fingerprint density at radius 3 is 2.57 bits per heavy atom. The van der Waals surface area contributed by atoms with Crippen LogP contribution in [0.4, 0.5) is 0 Å². The predicted octanol–water partition coefficient (Wildman–Crippen LogP) is 4.72. The van der Waals surface area contributed by atoms with E-state index in [1.807, 2.05) is 0 Å². The van der Waals surface area contributed by atoms with E-state index >= 15 is 0 Å². The SMILES string of the molecule is CCC(C)(C)C(O)CC[C@H]1C(OP)CC(O)C1C/C=C\CCCCCC(=O)O. The topological polar surface area (TPSA) is 87.0 Å². The van der Waals surface area contributed by atoms with Gasteiger partial charge in [0.1, 0.15) is 0 Å². The lowest BCUT2D eigenvalue weighted by atomic mass is 9.78. The van der Waals surface area contributed by atoms with Crippen LogP contribution in [0.15, 0.2) is 12.2 Å². The number of hydrogen-bond acceptors (Lipinski definition) is 4. The zero-order valence-corrected chi connectivity index (χ0v) is 19.0. The van der Waals surface area contributed by atoms with Crippen molar-refractivity contribution in [2.45, 2.75) is 103 Å². The zero-order valence-electron chi connectivity index (χ0n) is 17.8. The quantitative estimate of drug-likeness (QED) is 0.217. The van der Waals surface area contributed by atoms with E-state index in [2.05, 4.69) is 42.4 Å². The molecule has 0 spiro atoms. The van der Waals surface area contributed by atoms with E-state index in [4.69, 9.17) is 9.63 Å². The van der Waals surface area contributed by atoms with Crippen molar-refractivity contribution in [3.63, 3.8) is 0 Å². The first-order valence-corrected chi connectivity index (χ1v) is 11.3. The van der Waals surface area contributed by atoms with Crippen molar-refractivity contribution < 1.29 is 24.6 Å². The second kappa shape index (κ2) is 13.0. The minimum Gasteiger partial charge on any atom is -0.481 e. The van der Waals surface area contributed by atoms with E-state index in [0.29, 0.717) is 6.42 Å². The molecule has 0 aliphatic heterocycles. The lowest BCUT2D eigenvalue weighted by Crippen LogP contribution is -2.31. The molecule has 1 rings (SSSR count). The van der Waals surface area contributed by atoms with Crippen molar-refractivity contribution in [3.8, 4) is 0 Å². The van der Waals surface area contributed by atoms with Crippen LogP contribution < -0.4 is 0 Å². The van der Waals surface area contributed by atoms with E-state index < -0.39 is 5.97 Å². The van der Waals surface area contributed by atoms with Crippen molar-refractivity contribution in [3.05, 3.63) is 12.2 Å². The molecular weight excluding hydrogens is 375 g/mol. The summed E-state index contributed by atoms with van der Waals surface area (Å²) >= 11 is 0. The fourth-order valence-electron chi connectivity index (χ4n) is 4.10. The molecule has 0 amide bonds. The van der Waals surface area contributed by atoms with Gasteiger partial charge in [-0.05, 0) is 62.2 Å². The van der Waals surface area contributed by atoms with Gasteiger partial charge >= 0.3 is 5.97 Å². The van der Waals surface area contributed by atoms with E-state index in [1.165, 1.54) is 0 Å². The molecule has 0 aromatic carbocycles. The summed E-state index contributed by atoms with van der Waals surface area (Å²) < 4.78 is 5.56. The van der Waals surface area contributed by atoms with Crippen molar-refractivity contribution in [1.29, 1.82) is 0 Å². The number of carboxylic acid groups (broad SMARTS) is 1. The number of carbonyl (C=O) groups is 1. The molecule has 6 heteroatoms. The molecule has 5 unspecified atom stereocenters. The second-order valence-corrected chi connectivity index (χ2v) is 9.21. The molecule has 1 aliphatic rings. The zero-order chi connectivity index (χ0) is 21.2. The van der Waals surface area contributed by atoms with Crippen molar-refractivity contribution >= 4 is 15.4 Å². The Kier molecular flexibility index (Phi) is 11.8. The smallest absolute Gasteiger partial charge is 0.303 e. The first kappa shape index (κ1) is 25.6. The van der Waals surface area contributed by atoms with Gasteiger partial charge in [-0.1, -0.05) is 39.3 Å². The van der Waals surface area contributed by atoms with Crippen LogP contribution in [-0.4, -0.2) is 39.6 Å². The highest BCUT2D eigenvalue weighted by Gasteiger charge is 2.42. The van der Waals surface area contributed by atoms with Gasteiger partial charge in [-0.25, -0.2) is 0 Å². The molecule has 0 heterocycles. The summed E-state index contributed by atoms with van der Waals surface area (Å²) in [5, 5.41) is 29.7. The maximum Gasteiger partial charge on any atom is 0.303 e. The molecule has 3 N–H and O–H groups in total. The molecule has 0 aromatic heterocycles. The summed E-state index contributed by atoms with van der Waals surface area (Å²) in [4.78, 5) is 10.5. The maximum atomic E-state index is 10.5. The van der Waals surface area contributed by atoms with Crippen LogP contribution in [0.1, 0.15) is 85.0 Å². The molecule has 0 aromatic rings. The van der Waals surface area contributed by atoms with Crippen molar-refractivity contribution in [2.75, 3.05) is 0 Å². The largest absolute Gasteiger partial charge is 0.481 e. The van der Waals surface area contributed by atoms with Crippen LogP contribution in [0.25, 0.3) is 0 Å². The number of allylic oxidation sites excluding steroid dienone is 2. The normalized spacial score (nSPS) is 26.8. The summed E-state index contributed by atoms with van der Waals surface area (Å²) in [6.45, 7) is 6.30. The summed E-state index contributed by atoms with van der Waals surface area (Å²) in [5.41, 5.74) is -0.0927. The summed E-state index contributed by atoms with van der Waals surface area (Å²) in [7, 11) is 2.34. The first-order chi connectivity index (χ1) is 13.2. The van der Waals surface area contributed by atoms with E-state index in [9.17, 15) is 15.0 Å². The standard InChI is InChI=1S/C22H41O5P/c1-4-22(2,3)20(24)14-13-17-16(18(23)15-19(17)27-28)11-9-7-5-6-8-10-12-21(25)26/h7,9,16-20,23-24H,4-6,8,10-15,28H2,1-3H3,(H,25,26)/b9-7-/t16?,17-,18?,19?,20?/m1/s1. The first-order valence-electron chi connectivity index (χ1n) is 10.8. The molecule has 28 heavy (non-hydrogen) atoms. The van der Waals surface area contributed by atoms with Gasteiger partial charge in [-0.3, -0.25) is 4.79 Å². The fraction of sp³-hybridized carbons (Fsp3) is 0.864. The van der Waals surface area contributed by atoms with Crippen LogP contribution in [-0.2, 0) is 9.32 Å². The number of aliphatic hydroxyl groups is 2. The van der Waals surface area contributed by atoms with Gasteiger partial charge in [-0.2, -0.15) is 0 Å². The molecule has 1 aliphatic carbocycles. The predicted molar refractivity (Wildman–Crippen MR) is 116 cm³/mol. The highest BCUT2D eigenvalue weighted by molar-refractivity contribution is 7.09. The average molecular weight is 417 g/mol. The number of aliphatic hydroxyl groups excluding tert-OH is 2. The Morgan fingerprint density at radius 1 is 1.25 bits per heavy atom. The Hall–Kier alpha value is -0.480. The summed E-state index contributed by atoms with van der Waals surface area (Å²) in [6, 6.07) is 0. The average Bonchev–Trinajstić information content (AvgIpc) is 2.96. The molecular formula is C22H41O5P. The Bertz CT molecular complexity index is 480. The van der Waals surface area contributed by atoms with Crippen LogP contribution in [0.3, 0.4) is 0 Å². The van der Waals surface area contributed by atoms with Crippen LogP contribution in [0, 0.1) is 17.3 Å². The van der Waals surface area contributed by atoms with Gasteiger partial charge < -0.3 is 19.8 Å². The molecule has 0 saturated heterocycles. The summed E-state index contributed by atoms with van der Waals surface area (Å²) in [5.74, 6) is -0.323. The number of rotatable bonds is 14. The van der Waals surface area contributed by atoms with E-state index in [0.717, 1.165) is 51.4 Å². The summed E-state index contributed by atoms with van der Waals surface area (Å²) in [6.07, 6.45) is 11.4. The van der Waals surface area contributed by atoms with E-state index in [-0.39, 0.29) is 42.0 Å². The van der Waals surface area contributed by atoms with Crippen LogP contribution in [0.5, 0.6) is 0 Å². The molecule has 1 saturated carbocycles. The fourth-order valence-corrected chi connectivity index (χ4v) is 4.41. The number of hydrogen-bond donors (Lipinski definition) is 3. The van der Waals surface area contributed by atoms with Crippen LogP contribution in [0.2, 0.25) is 0 Å². The molecule has 1 fully saturated rings. The van der Waals surface area contributed by atoms with Crippen molar-refractivity contribution in [1.82, 2.24) is 0 Å². The number of aliphatic carboxylic acids is 1. The molecule has 164 valence electrons. The minimum atomic E-state index is -0.727. The molecule has 6 atom stereocenters. The van der Waals surface area contributed by atoms with E-state index in [1.54, 1.807) is 0 Å². The third kappa shape index (κ3) is 8.49. The van der Waals surface area contributed by atoms with Crippen molar-refractivity contribution in [2.24, 2.45) is 17.3 Å². The molecule has 5 nitrogen and oxygen atoms in total. The third-order valence-corrected chi connectivity index (χ3v) is 6.94. The third-order valence-electron chi connectivity index (χ3n) is 6.59. The van der Waals surface area contributed by atoms with Gasteiger partial charge in [0.2, 0.25) is 0 Å². The highest BCUT2D eigenvalue weighted by atomic mass is 31.0. The van der Waals surface area contributed by atoms with Gasteiger partial charge in [-0.15, -0.1) is 0 Å². The molecule has 0 radical (unpaired) electrons. The molecule has 0 bridgehead atoms. The lowest BCUT2D eigenvalue weighted by Gasteiger charge is -2.31. The number of carboxylic acids is 1. The lowest BCUT2D eigenvalue weighted by molar-refractivity contribution is -0.137. The maximum absolute atomic E-state index is 10.5. The van der Waals surface area contributed by atoms with Crippen LogP contribution >= 0.6 is 9.47 Å². The Morgan fingerprint density at radius 2 is 1.96 bits per heavy atom. The van der Waals surface area contributed by atoms with Gasteiger partial charge in [0.05, 0.1) is 18.3 Å². The number of unbranched alkanes of at least 4 members (excludes halogenated alkanes) is 3.